The Bertz CT molecular complexity index is 1080. The van der Waals surface area contributed by atoms with Crippen LogP contribution in [0.1, 0.15) is 37.1 Å². The second-order valence-electron chi connectivity index (χ2n) is 6.87. The highest BCUT2D eigenvalue weighted by Gasteiger charge is 2.14. The SMILES string of the molecule is CCCc1c(C=CC(=O)OCC)cnn1-c1nc(Cl)cc(NCc2ccc(OC)cc2)n1. The van der Waals surface area contributed by atoms with Crippen molar-refractivity contribution in [1.82, 2.24) is 19.7 Å². The molecule has 0 bridgehead atoms. The molecule has 168 valence electrons. The Morgan fingerprint density at radius 1 is 1.22 bits per heavy atom. The largest absolute Gasteiger partial charge is 0.497 e. The second-order valence-corrected chi connectivity index (χ2v) is 7.26. The van der Waals surface area contributed by atoms with E-state index in [4.69, 9.17) is 21.1 Å². The number of nitrogens with one attached hydrogen (secondary N) is 1. The van der Waals surface area contributed by atoms with E-state index in [-0.39, 0.29) is 0 Å². The zero-order valence-corrected chi connectivity index (χ0v) is 19.1. The van der Waals surface area contributed by atoms with Crippen molar-refractivity contribution in [3.8, 4) is 11.7 Å². The molecular formula is C23H26ClN5O3. The van der Waals surface area contributed by atoms with Gasteiger partial charge in [-0.2, -0.15) is 15.1 Å². The van der Waals surface area contributed by atoms with Crippen LogP contribution in [0.3, 0.4) is 0 Å². The van der Waals surface area contributed by atoms with Crippen molar-refractivity contribution >= 4 is 29.5 Å². The molecule has 3 aromatic rings. The summed E-state index contributed by atoms with van der Waals surface area (Å²) in [6.45, 7) is 4.72. The van der Waals surface area contributed by atoms with Crippen molar-refractivity contribution in [3.05, 3.63) is 64.6 Å². The molecule has 9 heteroatoms. The number of rotatable bonds is 10. The van der Waals surface area contributed by atoms with Crippen LogP contribution in [0.4, 0.5) is 5.82 Å². The number of halogens is 1. The fraction of sp³-hybridized carbons (Fsp3) is 0.304. The lowest BCUT2D eigenvalue weighted by Crippen LogP contribution is -2.10. The van der Waals surface area contributed by atoms with Crippen LogP contribution in [0.2, 0.25) is 5.15 Å². The fourth-order valence-corrected chi connectivity index (χ4v) is 3.24. The van der Waals surface area contributed by atoms with Gasteiger partial charge in [-0.1, -0.05) is 37.1 Å². The normalized spacial score (nSPS) is 11.0. The number of carbonyl (C=O) groups excluding carboxylic acids is 1. The molecule has 0 spiro atoms. The van der Waals surface area contributed by atoms with Crippen molar-refractivity contribution in [2.45, 2.75) is 33.2 Å². The minimum atomic E-state index is -0.397. The molecule has 0 aliphatic rings. The predicted octanol–water partition coefficient (Wildman–Crippen LogP) is 4.47. The molecule has 0 amide bonds. The van der Waals surface area contributed by atoms with Crippen molar-refractivity contribution in [2.75, 3.05) is 19.0 Å². The maximum absolute atomic E-state index is 11.7. The lowest BCUT2D eigenvalue weighted by atomic mass is 10.1. The molecule has 3 rings (SSSR count). The van der Waals surface area contributed by atoms with Crippen molar-refractivity contribution < 1.29 is 14.3 Å². The highest BCUT2D eigenvalue weighted by molar-refractivity contribution is 6.29. The van der Waals surface area contributed by atoms with Crippen LogP contribution in [0, 0.1) is 0 Å². The highest BCUT2D eigenvalue weighted by atomic mass is 35.5. The van der Waals surface area contributed by atoms with E-state index in [9.17, 15) is 4.79 Å². The summed E-state index contributed by atoms with van der Waals surface area (Å²) in [7, 11) is 1.64. The number of anilines is 1. The van der Waals surface area contributed by atoms with Crippen LogP contribution in [0.15, 0.2) is 42.6 Å². The third kappa shape index (κ3) is 6.07. The summed E-state index contributed by atoms with van der Waals surface area (Å²) in [5, 5.41) is 8.01. The van der Waals surface area contributed by atoms with Gasteiger partial charge in [0, 0.05) is 24.3 Å². The quantitative estimate of drug-likeness (QED) is 0.274. The van der Waals surface area contributed by atoms with E-state index in [1.165, 1.54) is 6.08 Å². The zero-order valence-electron chi connectivity index (χ0n) is 18.3. The Labute approximate surface area is 192 Å². The first kappa shape index (κ1) is 23.3. The topological polar surface area (TPSA) is 91.2 Å². The van der Waals surface area contributed by atoms with Crippen molar-refractivity contribution in [2.24, 2.45) is 0 Å². The summed E-state index contributed by atoms with van der Waals surface area (Å²) in [4.78, 5) is 20.6. The van der Waals surface area contributed by atoms with Crippen LogP contribution < -0.4 is 10.1 Å². The van der Waals surface area contributed by atoms with Gasteiger partial charge in [-0.25, -0.2) is 9.48 Å². The number of esters is 1. The fourth-order valence-electron chi connectivity index (χ4n) is 3.06. The lowest BCUT2D eigenvalue weighted by Gasteiger charge is -2.10. The van der Waals surface area contributed by atoms with Gasteiger partial charge in [-0.05, 0) is 37.1 Å². The average Bonchev–Trinajstić information content (AvgIpc) is 3.19. The number of hydrogen-bond acceptors (Lipinski definition) is 7. The van der Waals surface area contributed by atoms with Crippen molar-refractivity contribution in [3.63, 3.8) is 0 Å². The number of nitrogens with zero attached hydrogens (tertiary/aromatic N) is 4. The third-order valence-electron chi connectivity index (χ3n) is 4.58. The summed E-state index contributed by atoms with van der Waals surface area (Å²) in [6.07, 6.45) is 6.38. The van der Waals surface area contributed by atoms with Gasteiger partial charge in [-0.15, -0.1) is 0 Å². The minimum Gasteiger partial charge on any atom is -0.497 e. The summed E-state index contributed by atoms with van der Waals surface area (Å²) in [5.41, 5.74) is 2.76. The maximum Gasteiger partial charge on any atom is 0.330 e. The molecule has 0 unspecified atom stereocenters. The lowest BCUT2D eigenvalue weighted by molar-refractivity contribution is -0.137. The van der Waals surface area contributed by atoms with Gasteiger partial charge in [-0.3, -0.25) is 0 Å². The Morgan fingerprint density at radius 2 is 2.00 bits per heavy atom. The molecule has 2 aromatic heterocycles. The summed E-state index contributed by atoms with van der Waals surface area (Å²) in [6, 6.07) is 9.43. The van der Waals surface area contributed by atoms with Gasteiger partial charge < -0.3 is 14.8 Å². The van der Waals surface area contributed by atoms with E-state index < -0.39 is 5.97 Å². The Morgan fingerprint density at radius 3 is 2.69 bits per heavy atom. The maximum atomic E-state index is 11.7. The minimum absolute atomic E-state index is 0.300. The Hall–Kier alpha value is -3.39. The van der Waals surface area contributed by atoms with E-state index in [1.807, 2.05) is 24.3 Å². The molecule has 0 radical (unpaired) electrons. The number of methoxy groups -OCH3 is 1. The van der Waals surface area contributed by atoms with Gasteiger partial charge in [0.25, 0.3) is 5.95 Å². The second kappa shape index (κ2) is 11.3. The first-order valence-corrected chi connectivity index (χ1v) is 10.7. The molecule has 0 atom stereocenters. The molecule has 2 heterocycles. The zero-order chi connectivity index (χ0) is 22.9. The van der Waals surface area contributed by atoms with Crippen LogP contribution in [0.25, 0.3) is 12.0 Å². The number of aromatic nitrogens is 4. The van der Waals surface area contributed by atoms with E-state index >= 15 is 0 Å². The first-order valence-electron chi connectivity index (χ1n) is 10.4. The van der Waals surface area contributed by atoms with E-state index in [0.29, 0.717) is 30.1 Å². The molecular weight excluding hydrogens is 430 g/mol. The van der Waals surface area contributed by atoms with E-state index in [0.717, 1.165) is 35.4 Å². The molecule has 1 aromatic carbocycles. The standard InChI is InChI=1S/C23H26ClN5O3/c1-4-6-19-17(9-12-22(30)32-5-2)15-26-29(19)23-27-20(24)13-21(28-23)25-14-16-7-10-18(31-3)11-8-16/h7-13,15H,4-6,14H2,1-3H3,(H,25,27,28). The third-order valence-corrected chi connectivity index (χ3v) is 4.77. The van der Waals surface area contributed by atoms with E-state index in [2.05, 4.69) is 27.3 Å². The molecule has 32 heavy (non-hydrogen) atoms. The molecule has 8 nitrogen and oxygen atoms in total. The van der Waals surface area contributed by atoms with Gasteiger partial charge in [0.1, 0.15) is 16.7 Å². The molecule has 1 N–H and O–H groups in total. The molecule has 0 saturated carbocycles. The molecule has 0 aliphatic heterocycles. The number of benzene rings is 1. The monoisotopic (exact) mass is 455 g/mol. The average molecular weight is 456 g/mol. The van der Waals surface area contributed by atoms with Crippen molar-refractivity contribution in [1.29, 1.82) is 0 Å². The molecule has 0 fully saturated rings. The van der Waals surface area contributed by atoms with Gasteiger partial charge in [0.15, 0.2) is 0 Å². The number of hydrogen-bond donors (Lipinski definition) is 1. The van der Waals surface area contributed by atoms with Gasteiger partial charge in [0.05, 0.1) is 25.6 Å². The Balaban J connectivity index is 1.83. The number of ether oxygens (including phenoxy) is 2. The van der Waals surface area contributed by atoms with E-state index in [1.54, 1.807) is 37.1 Å². The summed E-state index contributed by atoms with van der Waals surface area (Å²) < 4.78 is 11.8. The van der Waals surface area contributed by atoms with Gasteiger partial charge in [0.2, 0.25) is 0 Å². The summed E-state index contributed by atoms with van der Waals surface area (Å²) in [5.74, 6) is 1.34. The summed E-state index contributed by atoms with van der Waals surface area (Å²) >= 11 is 6.27. The molecule has 0 saturated heterocycles. The van der Waals surface area contributed by atoms with Crippen LogP contribution in [-0.4, -0.2) is 39.4 Å². The van der Waals surface area contributed by atoms with Crippen LogP contribution >= 0.6 is 11.6 Å². The van der Waals surface area contributed by atoms with Crippen LogP contribution in [0.5, 0.6) is 5.75 Å². The first-order chi connectivity index (χ1) is 15.5. The highest BCUT2D eigenvalue weighted by Crippen LogP contribution is 2.20. The molecule has 0 aliphatic carbocycles. The number of carbonyl (C=O) groups is 1. The smallest absolute Gasteiger partial charge is 0.330 e. The van der Waals surface area contributed by atoms with Crippen LogP contribution in [-0.2, 0) is 22.5 Å². The Kier molecular flexibility index (Phi) is 8.21. The predicted molar refractivity (Wildman–Crippen MR) is 124 cm³/mol. The van der Waals surface area contributed by atoms with Gasteiger partial charge >= 0.3 is 5.97 Å².